The van der Waals surface area contributed by atoms with E-state index in [4.69, 9.17) is 4.74 Å². The standard InChI is InChI=1S/C8H10O.C3H8.C2H6/c1-9-7-8-5-3-2-4-6-8;1-3-2;1-2/h2-6H,7H2,1H3;3H2,1-2H3;1-2H3. The molecule has 0 fully saturated rings. The van der Waals surface area contributed by atoms with Gasteiger partial charge in [0, 0.05) is 7.11 Å². The molecular formula is C13H24O. The summed E-state index contributed by atoms with van der Waals surface area (Å²) in [5.41, 5.74) is 1.22. The second kappa shape index (κ2) is 14.7. The fourth-order valence-electron chi connectivity index (χ4n) is 0.741. The van der Waals surface area contributed by atoms with Gasteiger partial charge in [-0.3, -0.25) is 0 Å². The zero-order chi connectivity index (χ0) is 11.2. The molecule has 0 saturated carbocycles. The molecule has 0 aliphatic heterocycles. The van der Waals surface area contributed by atoms with Crippen molar-refractivity contribution in [2.24, 2.45) is 0 Å². The van der Waals surface area contributed by atoms with Gasteiger partial charge in [-0.1, -0.05) is 64.4 Å². The third-order valence-corrected chi connectivity index (χ3v) is 1.15. The average Bonchev–Trinajstić information content (AvgIpc) is 2.24. The molecule has 1 aromatic carbocycles. The average molecular weight is 196 g/mol. The summed E-state index contributed by atoms with van der Waals surface area (Å²) in [5, 5.41) is 0. The summed E-state index contributed by atoms with van der Waals surface area (Å²) in [6, 6.07) is 10.1. The first-order valence-corrected chi connectivity index (χ1v) is 5.38. The molecule has 0 saturated heterocycles. The van der Waals surface area contributed by atoms with Crippen molar-refractivity contribution in [1.82, 2.24) is 0 Å². The van der Waals surface area contributed by atoms with Crippen LogP contribution in [0.1, 0.15) is 39.7 Å². The van der Waals surface area contributed by atoms with Crippen LogP contribution >= 0.6 is 0 Å². The predicted octanol–water partition coefficient (Wildman–Crippen LogP) is 4.28. The van der Waals surface area contributed by atoms with Crippen LogP contribution in [0.15, 0.2) is 30.3 Å². The zero-order valence-electron chi connectivity index (χ0n) is 10.2. The molecule has 82 valence electrons. The molecule has 0 N–H and O–H groups in total. The summed E-state index contributed by atoms with van der Waals surface area (Å²) in [5.74, 6) is 0. The smallest absolute Gasteiger partial charge is 0.0713 e. The minimum absolute atomic E-state index is 0.709. The molecule has 0 bridgehead atoms. The summed E-state index contributed by atoms with van der Waals surface area (Å²) in [7, 11) is 1.70. The lowest BCUT2D eigenvalue weighted by molar-refractivity contribution is 0.185. The van der Waals surface area contributed by atoms with Crippen molar-refractivity contribution in [2.45, 2.75) is 40.7 Å². The molecular weight excluding hydrogens is 172 g/mol. The van der Waals surface area contributed by atoms with Crippen LogP contribution in [-0.2, 0) is 11.3 Å². The molecule has 14 heavy (non-hydrogen) atoms. The fourth-order valence-corrected chi connectivity index (χ4v) is 0.741. The normalized spacial score (nSPS) is 7.79. The predicted molar refractivity (Wildman–Crippen MR) is 64.5 cm³/mol. The lowest BCUT2D eigenvalue weighted by Gasteiger charge is -1.95. The lowest BCUT2D eigenvalue weighted by Crippen LogP contribution is -1.84. The topological polar surface area (TPSA) is 9.23 Å². The third kappa shape index (κ3) is 11.2. The highest BCUT2D eigenvalue weighted by Gasteiger charge is 1.84. The van der Waals surface area contributed by atoms with E-state index >= 15 is 0 Å². The quantitative estimate of drug-likeness (QED) is 0.686. The summed E-state index contributed by atoms with van der Waals surface area (Å²) < 4.78 is 4.93. The van der Waals surface area contributed by atoms with Gasteiger partial charge in [-0.15, -0.1) is 0 Å². The molecule has 1 aromatic rings. The molecule has 0 radical (unpaired) electrons. The van der Waals surface area contributed by atoms with Crippen molar-refractivity contribution >= 4 is 0 Å². The van der Waals surface area contributed by atoms with Crippen molar-refractivity contribution in [3.05, 3.63) is 35.9 Å². The molecule has 0 aliphatic carbocycles. The van der Waals surface area contributed by atoms with E-state index < -0.39 is 0 Å². The molecule has 0 atom stereocenters. The van der Waals surface area contributed by atoms with Crippen LogP contribution in [0.5, 0.6) is 0 Å². The van der Waals surface area contributed by atoms with Crippen LogP contribution in [0.3, 0.4) is 0 Å². The molecule has 0 heterocycles. The number of hydrogen-bond acceptors (Lipinski definition) is 1. The molecule has 1 rings (SSSR count). The van der Waals surface area contributed by atoms with Crippen molar-refractivity contribution in [3.8, 4) is 0 Å². The van der Waals surface area contributed by atoms with Crippen LogP contribution in [0.25, 0.3) is 0 Å². The van der Waals surface area contributed by atoms with E-state index in [1.165, 1.54) is 12.0 Å². The molecule has 1 heteroatoms. The van der Waals surface area contributed by atoms with Gasteiger partial charge in [-0.25, -0.2) is 0 Å². The van der Waals surface area contributed by atoms with E-state index in [0.717, 1.165) is 0 Å². The Balaban J connectivity index is 0. The van der Waals surface area contributed by atoms with E-state index in [-0.39, 0.29) is 0 Å². The van der Waals surface area contributed by atoms with Gasteiger partial charge < -0.3 is 4.74 Å². The summed E-state index contributed by atoms with van der Waals surface area (Å²) >= 11 is 0. The maximum absolute atomic E-state index is 4.93. The Morgan fingerprint density at radius 2 is 1.43 bits per heavy atom. The SMILES string of the molecule is CC.CCC.COCc1ccccc1. The monoisotopic (exact) mass is 196 g/mol. The summed E-state index contributed by atoms with van der Waals surface area (Å²) in [6.45, 7) is 8.96. The van der Waals surface area contributed by atoms with Crippen molar-refractivity contribution in [1.29, 1.82) is 0 Å². The Morgan fingerprint density at radius 3 is 1.79 bits per heavy atom. The minimum Gasteiger partial charge on any atom is -0.380 e. The number of ether oxygens (including phenoxy) is 1. The van der Waals surface area contributed by atoms with Gasteiger partial charge in [0.25, 0.3) is 0 Å². The highest BCUT2D eigenvalue weighted by Crippen LogP contribution is 1.98. The Kier molecular flexibility index (Phi) is 16.4. The summed E-state index contributed by atoms with van der Waals surface area (Å²) in [4.78, 5) is 0. The van der Waals surface area contributed by atoms with Gasteiger partial charge in [0.05, 0.1) is 6.61 Å². The van der Waals surface area contributed by atoms with E-state index in [1.54, 1.807) is 7.11 Å². The van der Waals surface area contributed by atoms with E-state index in [0.29, 0.717) is 6.61 Å². The highest BCUT2D eigenvalue weighted by molar-refractivity contribution is 5.13. The van der Waals surface area contributed by atoms with E-state index in [1.807, 2.05) is 44.2 Å². The van der Waals surface area contributed by atoms with Crippen LogP contribution in [-0.4, -0.2) is 7.11 Å². The zero-order valence-corrected chi connectivity index (χ0v) is 10.2. The van der Waals surface area contributed by atoms with Gasteiger partial charge in [0.2, 0.25) is 0 Å². The lowest BCUT2D eigenvalue weighted by atomic mass is 10.2. The number of rotatable bonds is 2. The van der Waals surface area contributed by atoms with Crippen molar-refractivity contribution < 1.29 is 4.74 Å². The third-order valence-electron chi connectivity index (χ3n) is 1.15. The first-order chi connectivity index (χ1) is 6.85. The highest BCUT2D eigenvalue weighted by atomic mass is 16.5. The Bertz CT molecular complexity index is 170. The number of benzene rings is 1. The largest absolute Gasteiger partial charge is 0.380 e. The van der Waals surface area contributed by atoms with Gasteiger partial charge in [-0.05, 0) is 5.56 Å². The second-order valence-electron chi connectivity index (χ2n) is 2.63. The second-order valence-corrected chi connectivity index (χ2v) is 2.63. The van der Waals surface area contributed by atoms with Gasteiger partial charge in [0.1, 0.15) is 0 Å². The fraction of sp³-hybridized carbons (Fsp3) is 0.538. The van der Waals surface area contributed by atoms with Gasteiger partial charge in [0.15, 0.2) is 0 Å². The first kappa shape index (κ1) is 15.6. The Hall–Kier alpha value is -0.820. The Labute approximate surface area is 89.1 Å². The summed E-state index contributed by atoms with van der Waals surface area (Å²) in [6.07, 6.45) is 1.25. The maximum atomic E-state index is 4.93. The van der Waals surface area contributed by atoms with Gasteiger partial charge >= 0.3 is 0 Å². The molecule has 0 amide bonds. The molecule has 0 unspecified atom stereocenters. The van der Waals surface area contributed by atoms with Crippen LogP contribution in [0.4, 0.5) is 0 Å². The van der Waals surface area contributed by atoms with Crippen molar-refractivity contribution in [3.63, 3.8) is 0 Å². The minimum atomic E-state index is 0.709. The van der Waals surface area contributed by atoms with Crippen molar-refractivity contribution in [2.75, 3.05) is 7.11 Å². The molecule has 1 nitrogen and oxygen atoms in total. The van der Waals surface area contributed by atoms with E-state index in [2.05, 4.69) is 13.8 Å². The van der Waals surface area contributed by atoms with Crippen LogP contribution in [0, 0.1) is 0 Å². The number of hydrogen-bond donors (Lipinski definition) is 0. The van der Waals surface area contributed by atoms with E-state index in [9.17, 15) is 0 Å². The number of methoxy groups -OCH3 is 1. The van der Waals surface area contributed by atoms with Crippen LogP contribution < -0.4 is 0 Å². The van der Waals surface area contributed by atoms with Gasteiger partial charge in [-0.2, -0.15) is 0 Å². The molecule has 0 aliphatic rings. The molecule has 0 aromatic heterocycles. The maximum Gasteiger partial charge on any atom is 0.0713 e. The van der Waals surface area contributed by atoms with Crippen LogP contribution in [0.2, 0.25) is 0 Å². The first-order valence-electron chi connectivity index (χ1n) is 5.38. The molecule has 0 spiro atoms. The Morgan fingerprint density at radius 1 is 1.00 bits per heavy atom.